The van der Waals surface area contributed by atoms with Gasteiger partial charge in [0.25, 0.3) is 0 Å². The van der Waals surface area contributed by atoms with Crippen molar-refractivity contribution in [1.29, 1.82) is 0 Å². The Kier molecular flexibility index (Phi) is 4.40. The van der Waals surface area contributed by atoms with Gasteiger partial charge in [0.1, 0.15) is 5.78 Å². The van der Waals surface area contributed by atoms with Crippen LogP contribution in [0.4, 0.5) is 0 Å². The third-order valence-electron chi connectivity index (χ3n) is 2.74. The zero-order chi connectivity index (χ0) is 12.8. The van der Waals surface area contributed by atoms with Gasteiger partial charge in [-0.3, -0.25) is 0 Å². The van der Waals surface area contributed by atoms with E-state index in [-0.39, 0.29) is 5.78 Å². The monoisotopic (exact) mass is 246 g/mol. The fourth-order valence-corrected chi connectivity index (χ4v) is 1.79. The van der Waals surface area contributed by atoms with Crippen LogP contribution in [-0.4, -0.2) is 19.0 Å². The molecule has 0 radical (unpaired) electrons. The highest BCUT2D eigenvalue weighted by Crippen LogP contribution is 2.30. The van der Waals surface area contributed by atoms with Gasteiger partial charge in [0.15, 0.2) is 11.5 Å². The van der Waals surface area contributed by atoms with Gasteiger partial charge in [0.05, 0.1) is 13.2 Å². The van der Waals surface area contributed by atoms with Gasteiger partial charge in [0.2, 0.25) is 0 Å². The Morgan fingerprint density at radius 3 is 2.83 bits per heavy atom. The highest BCUT2D eigenvalue weighted by molar-refractivity contribution is 5.75. The maximum absolute atomic E-state index is 10.8. The van der Waals surface area contributed by atoms with Crippen LogP contribution in [0.2, 0.25) is 0 Å². The Bertz CT molecular complexity index is 449. The molecule has 0 aromatic heterocycles. The van der Waals surface area contributed by atoms with Gasteiger partial charge in [-0.2, -0.15) is 0 Å². The summed E-state index contributed by atoms with van der Waals surface area (Å²) in [6.45, 7) is 3.02. The van der Waals surface area contributed by atoms with Gasteiger partial charge in [-0.1, -0.05) is 18.2 Å². The van der Waals surface area contributed by atoms with Crippen molar-refractivity contribution in [3.05, 3.63) is 29.8 Å². The summed E-state index contributed by atoms with van der Waals surface area (Å²) < 4.78 is 11.2. The lowest BCUT2D eigenvalue weighted by Crippen LogP contribution is -1.97. The average molecular weight is 246 g/mol. The van der Waals surface area contributed by atoms with Crippen LogP contribution in [0.1, 0.15) is 31.7 Å². The van der Waals surface area contributed by atoms with Gasteiger partial charge in [-0.05, 0) is 31.0 Å². The normalized spacial score (nSPS) is 14.5. The summed E-state index contributed by atoms with van der Waals surface area (Å²) >= 11 is 0. The van der Waals surface area contributed by atoms with Gasteiger partial charge in [0, 0.05) is 12.8 Å². The van der Waals surface area contributed by atoms with Crippen LogP contribution < -0.4 is 9.47 Å². The molecular formula is C15H18O3. The standard InChI is InChI=1S/C15H18O3/c1-12(16)5-2-3-6-13-7-8-14-15(11-13)18-10-4-9-17-14/h3,6-8,11H,2,4-5,9-10H2,1H3/b6-3+. The lowest BCUT2D eigenvalue weighted by Gasteiger charge is -2.07. The van der Waals surface area contributed by atoms with Gasteiger partial charge < -0.3 is 14.3 Å². The number of ketones is 1. The fourth-order valence-electron chi connectivity index (χ4n) is 1.79. The number of rotatable bonds is 4. The molecule has 0 bridgehead atoms. The molecule has 0 aliphatic carbocycles. The van der Waals surface area contributed by atoms with Crippen molar-refractivity contribution in [3.63, 3.8) is 0 Å². The van der Waals surface area contributed by atoms with Crippen LogP contribution in [0.15, 0.2) is 24.3 Å². The number of hydrogen-bond donors (Lipinski definition) is 0. The van der Waals surface area contributed by atoms with Gasteiger partial charge >= 0.3 is 0 Å². The fraction of sp³-hybridized carbons (Fsp3) is 0.400. The highest BCUT2D eigenvalue weighted by Gasteiger charge is 2.09. The minimum absolute atomic E-state index is 0.221. The van der Waals surface area contributed by atoms with Crippen molar-refractivity contribution in [2.75, 3.05) is 13.2 Å². The number of carbonyl (C=O) groups excluding carboxylic acids is 1. The minimum Gasteiger partial charge on any atom is -0.490 e. The summed E-state index contributed by atoms with van der Waals surface area (Å²) in [4.78, 5) is 10.8. The molecule has 1 aliphatic heterocycles. The molecule has 1 aromatic rings. The molecule has 0 N–H and O–H groups in total. The Morgan fingerprint density at radius 2 is 2.06 bits per heavy atom. The van der Waals surface area contributed by atoms with E-state index in [9.17, 15) is 4.79 Å². The second-order valence-corrected chi connectivity index (χ2v) is 4.40. The van der Waals surface area contributed by atoms with E-state index in [0.717, 1.165) is 29.9 Å². The molecule has 0 amide bonds. The molecule has 0 spiro atoms. The van der Waals surface area contributed by atoms with E-state index < -0.39 is 0 Å². The minimum atomic E-state index is 0.221. The van der Waals surface area contributed by atoms with Crippen molar-refractivity contribution >= 4 is 11.9 Å². The molecule has 0 atom stereocenters. The molecule has 0 saturated heterocycles. The van der Waals surface area contributed by atoms with Gasteiger partial charge in [-0.15, -0.1) is 0 Å². The molecule has 0 unspecified atom stereocenters. The zero-order valence-electron chi connectivity index (χ0n) is 10.6. The van der Waals surface area contributed by atoms with Crippen LogP contribution in [-0.2, 0) is 4.79 Å². The Hall–Kier alpha value is -1.77. The maximum Gasteiger partial charge on any atom is 0.161 e. The number of benzene rings is 1. The predicted molar refractivity (Wildman–Crippen MR) is 71.0 cm³/mol. The molecule has 0 fully saturated rings. The lowest BCUT2D eigenvalue weighted by atomic mass is 10.1. The summed E-state index contributed by atoms with van der Waals surface area (Å²) in [7, 11) is 0. The number of hydrogen-bond acceptors (Lipinski definition) is 3. The van der Waals surface area contributed by atoms with Crippen molar-refractivity contribution in [2.45, 2.75) is 26.2 Å². The topological polar surface area (TPSA) is 35.5 Å². The van der Waals surface area contributed by atoms with Crippen LogP contribution >= 0.6 is 0 Å². The van der Waals surface area contributed by atoms with Crippen molar-refractivity contribution in [2.24, 2.45) is 0 Å². The maximum atomic E-state index is 10.8. The molecule has 1 aromatic carbocycles. The Balaban J connectivity index is 2.01. The molecule has 1 aliphatic rings. The van der Waals surface area contributed by atoms with Crippen molar-refractivity contribution < 1.29 is 14.3 Å². The van der Waals surface area contributed by atoms with Gasteiger partial charge in [-0.25, -0.2) is 0 Å². The molecule has 3 heteroatoms. The van der Waals surface area contributed by atoms with E-state index in [1.807, 2.05) is 30.4 Å². The highest BCUT2D eigenvalue weighted by atomic mass is 16.5. The Labute approximate surface area is 107 Å². The summed E-state index contributed by atoms with van der Waals surface area (Å²) in [6, 6.07) is 5.91. The van der Waals surface area contributed by atoms with E-state index in [4.69, 9.17) is 9.47 Å². The molecule has 96 valence electrons. The first-order valence-corrected chi connectivity index (χ1v) is 6.31. The quantitative estimate of drug-likeness (QED) is 0.818. The van der Waals surface area contributed by atoms with Crippen molar-refractivity contribution in [3.8, 4) is 11.5 Å². The van der Waals surface area contributed by atoms with E-state index in [1.54, 1.807) is 6.92 Å². The lowest BCUT2D eigenvalue weighted by molar-refractivity contribution is -0.116. The first-order valence-electron chi connectivity index (χ1n) is 6.31. The van der Waals surface area contributed by atoms with E-state index in [2.05, 4.69) is 0 Å². The molecule has 0 saturated carbocycles. The third-order valence-corrected chi connectivity index (χ3v) is 2.74. The Morgan fingerprint density at radius 1 is 1.28 bits per heavy atom. The summed E-state index contributed by atoms with van der Waals surface area (Å²) in [6.07, 6.45) is 6.32. The summed E-state index contributed by atoms with van der Waals surface area (Å²) in [5, 5.41) is 0. The predicted octanol–water partition coefficient (Wildman–Crippen LogP) is 3.23. The summed E-state index contributed by atoms with van der Waals surface area (Å²) in [5.41, 5.74) is 1.07. The number of allylic oxidation sites excluding steroid dienone is 1. The number of carbonyl (C=O) groups is 1. The van der Waals surface area contributed by atoms with Crippen LogP contribution in [0, 0.1) is 0 Å². The molecule has 3 nitrogen and oxygen atoms in total. The molecule has 1 heterocycles. The van der Waals surface area contributed by atoms with E-state index in [1.165, 1.54) is 0 Å². The van der Waals surface area contributed by atoms with Crippen LogP contribution in [0.3, 0.4) is 0 Å². The smallest absolute Gasteiger partial charge is 0.161 e. The largest absolute Gasteiger partial charge is 0.490 e. The summed E-state index contributed by atoms with van der Waals surface area (Å²) in [5.74, 6) is 1.84. The zero-order valence-corrected chi connectivity index (χ0v) is 10.6. The number of fused-ring (bicyclic) bond motifs is 1. The first kappa shape index (κ1) is 12.7. The molecule has 2 rings (SSSR count). The van der Waals surface area contributed by atoms with E-state index in [0.29, 0.717) is 19.6 Å². The third kappa shape index (κ3) is 3.62. The average Bonchev–Trinajstić information content (AvgIpc) is 2.59. The second-order valence-electron chi connectivity index (χ2n) is 4.40. The number of ether oxygens (including phenoxy) is 2. The first-order chi connectivity index (χ1) is 8.75. The second kappa shape index (κ2) is 6.24. The SMILES string of the molecule is CC(=O)CC/C=C/c1ccc2c(c1)OCCCO2. The van der Waals surface area contributed by atoms with Crippen LogP contribution in [0.5, 0.6) is 11.5 Å². The van der Waals surface area contributed by atoms with Crippen molar-refractivity contribution in [1.82, 2.24) is 0 Å². The molecular weight excluding hydrogens is 228 g/mol. The van der Waals surface area contributed by atoms with Crippen LogP contribution in [0.25, 0.3) is 6.08 Å². The number of Topliss-reactive ketones (excluding diaryl/α,β-unsaturated/α-hetero) is 1. The van der Waals surface area contributed by atoms with E-state index >= 15 is 0 Å². The molecule has 18 heavy (non-hydrogen) atoms.